The van der Waals surface area contributed by atoms with Gasteiger partial charge in [0, 0.05) is 12.6 Å². The van der Waals surface area contributed by atoms with Crippen LogP contribution in [-0.2, 0) is 33.2 Å². The van der Waals surface area contributed by atoms with E-state index in [0.29, 0.717) is 0 Å². The molecule has 4 rings (SSSR count). The van der Waals surface area contributed by atoms with E-state index in [1.54, 1.807) is 12.2 Å². The van der Waals surface area contributed by atoms with E-state index in [1.807, 2.05) is 0 Å². The Hall–Kier alpha value is -1.51. The zero-order chi connectivity index (χ0) is 34.6. The van der Waals surface area contributed by atoms with Gasteiger partial charge in [0.15, 0.2) is 18.9 Å². The van der Waals surface area contributed by atoms with Gasteiger partial charge in [-0.05, 0) is 19.4 Å². The fourth-order valence-electron chi connectivity index (χ4n) is 6.03. The van der Waals surface area contributed by atoms with Gasteiger partial charge in [0.25, 0.3) is 0 Å². The van der Waals surface area contributed by atoms with Gasteiger partial charge >= 0.3 is 0 Å². The van der Waals surface area contributed by atoms with Gasteiger partial charge in [0.1, 0.15) is 67.1 Å². The van der Waals surface area contributed by atoms with Crippen molar-refractivity contribution in [1.82, 2.24) is 5.32 Å². The molecule has 3 aliphatic heterocycles. The van der Waals surface area contributed by atoms with Crippen molar-refractivity contribution in [2.24, 2.45) is 28.7 Å². The van der Waals surface area contributed by atoms with Crippen molar-refractivity contribution in [3.63, 3.8) is 0 Å². The molecule has 0 aromatic rings. The van der Waals surface area contributed by atoms with Gasteiger partial charge in [-0.2, -0.15) is 0 Å². The van der Waals surface area contributed by atoms with E-state index in [9.17, 15) is 40.5 Å². The van der Waals surface area contributed by atoms with Gasteiger partial charge in [-0.25, -0.2) is 0 Å². The lowest BCUT2D eigenvalue weighted by Gasteiger charge is -2.46. The number of nitrogens with one attached hydrogen (secondary N) is 1. The van der Waals surface area contributed by atoms with Crippen molar-refractivity contribution in [3.05, 3.63) is 12.2 Å². The molecule has 3 heterocycles. The molecule has 272 valence electrons. The number of rotatable bonds is 13. The second kappa shape index (κ2) is 16.9. The topological polar surface area (TPSA) is 356 Å². The highest BCUT2D eigenvalue weighted by Crippen LogP contribution is 2.34. The molecular formula is C27H50N6O14. The summed E-state index contributed by atoms with van der Waals surface area (Å²) in [6.07, 6.45) is -15.7. The zero-order valence-corrected chi connectivity index (χ0v) is 25.7. The van der Waals surface area contributed by atoms with Gasteiger partial charge in [0.2, 0.25) is 5.91 Å². The molecule has 2 saturated heterocycles. The lowest BCUT2D eigenvalue weighted by atomic mass is 9.83. The van der Waals surface area contributed by atoms with E-state index in [1.165, 1.54) is 0 Å². The molecule has 0 bridgehead atoms. The number of carbonyl (C=O) groups is 1. The van der Waals surface area contributed by atoms with Gasteiger partial charge in [-0.3, -0.25) is 4.79 Å². The van der Waals surface area contributed by atoms with Crippen molar-refractivity contribution in [1.29, 1.82) is 0 Å². The summed E-state index contributed by atoms with van der Waals surface area (Å²) >= 11 is 0. The summed E-state index contributed by atoms with van der Waals surface area (Å²) in [5.41, 5.74) is 29.7. The van der Waals surface area contributed by atoms with Crippen LogP contribution in [0, 0.1) is 0 Å². The molecule has 47 heavy (non-hydrogen) atoms. The first-order valence-electron chi connectivity index (χ1n) is 15.5. The van der Waals surface area contributed by atoms with Crippen LogP contribution in [0.25, 0.3) is 0 Å². The summed E-state index contributed by atoms with van der Waals surface area (Å²) in [5, 5.41) is 75.6. The molecule has 20 nitrogen and oxygen atoms in total. The average molecular weight is 683 g/mol. The van der Waals surface area contributed by atoms with Crippen molar-refractivity contribution in [2.75, 3.05) is 26.3 Å². The minimum Gasteiger partial charge on any atom is -0.394 e. The largest absolute Gasteiger partial charge is 0.394 e. The molecule has 0 unspecified atom stereocenters. The minimum absolute atomic E-state index is 0.0310. The maximum atomic E-state index is 12.6. The summed E-state index contributed by atoms with van der Waals surface area (Å²) < 4.78 is 35.1. The van der Waals surface area contributed by atoms with Crippen LogP contribution in [0.1, 0.15) is 12.8 Å². The Labute approximate surface area is 270 Å². The van der Waals surface area contributed by atoms with Crippen LogP contribution in [0.15, 0.2) is 12.2 Å². The SMILES string of the molecule is NCC[C@H](O)C(=O)N[C@@H]1C[C@H](N)[C@@H](O[C@H]2O[C@H](CO)C=C[C@H]2N)[C@H](O[C@@H]2O[C@H](CO)[C@@H](O[C@H]3O[C@@H](CN)[C@@H](O)[C@H](O)[C@H]3N)[C@H]2O)[C@H]1O. The second-order valence-electron chi connectivity index (χ2n) is 12.1. The Morgan fingerprint density at radius 3 is 2.11 bits per heavy atom. The molecule has 1 saturated carbocycles. The normalized spacial score (nSPS) is 46.3. The minimum atomic E-state index is -1.66. The first-order chi connectivity index (χ1) is 22.3. The summed E-state index contributed by atoms with van der Waals surface area (Å²) in [6.45, 7) is -1.21. The van der Waals surface area contributed by atoms with Crippen LogP contribution >= 0.6 is 0 Å². The number of aliphatic hydroxyl groups is 7. The van der Waals surface area contributed by atoms with E-state index in [2.05, 4.69) is 5.32 Å². The molecule has 1 amide bonds. The molecule has 1 aliphatic carbocycles. The summed E-state index contributed by atoms with van der Waals surface area (Å²) in [7, 11) is 0. The fraction of sp³-hybridized carbons (Fsp3) is 0.889. The molecule has 18 N–H and O–H groups in total. The van der Waals surface area contributed by atoms with Gasteiger partial charge < -0.3 is 98.2 Å². The first kappa shape index (κ1) is 38.3. The number of carbonyl (C=O) groups excluding carboxylic acids is 1. The van der Waals surface area contributed by atoms with Crippen molar-refractivity contribution in [2.45, 2.75) is 123 Å². The monoisotopic (exact) mass is 682 g/mol. The highest BCUT2D eigenvalue weighted by atomic mass is 16.8. The predicted molar refractivity (Wildman–Crippen MR) is 157 cm³/mol. The Morgan fingerprint density at radius 1 is 0.809 bits per heavy atom. The number of aliphatic hydroxyl groups excluding tert-OH is 7. The Morgan fingerprint density at radius 2 is 1.47 bits per heavy atom. The highest BCUT2D eigenvalue weighted by Gasteiger charge is 2.54. The van der Waals surface area contributed by atoms with Gasteiger partial charge in [-0.15, -0.1) is 0 Å². The fourth-order valence-corrected chi connectivity index (χ4v) is 6.03. The maximum Gasteiger partial charge on any atom is 0.249 e. The van der Waals surface area contributed by atoms with Crippen LogP contribution in [0.4, 0.5) is 0 Å². The van der Waals surface area contributed by atoms with E-state index in [-0.39, 0.29) is 32.5 Å². The van der Waals surface area contributed by atoms with E-state index >= 15 is 0 Å². The average Bonchev–Trinajstić information content (AvgIpc) is 3.35. The third kappa shape index (κ3) is 8.63. The van der Waals surface area contributed by atoms with E-state index < -0.39 is 123 Å². The third-order valence-corrected chi connectivity index (χ3v) is 8.77. The van der Waals surface area contributed by atoms with Crippen LogP contribution in [-0.4, -0.2) is 178 Å². The molecule has 0 radical (unpaired) electrons. The Kier molecular flexibility index (Phi) is 13.8. The molecule has 0 aromatic carbocycles. The summed E-state index contributed by atoms with van der Waals surface area (Å²) in [4.78, 5) is 12.6. The van der Waals surface area contributed by atoms with E-state index in [0.717, 1.165) is 0 Å². The highest BCUT2D eigenvalue weighted by molar-refractivity contribution is 5.80. The van der Waals surface area contributed by atoms with Crippen molar-refractivity contribution in [3.8, 4) is 0 Å². The smallest absolute Gasteiger partial charge is 0.249 e. The van der Waals surface area contributed by atoms with Gasteiger partial charge in [-0.1, -0.05) is 12.2 Å². The molecule has 0 spiro atoms. The quantitative estimate of drug-likeness (QED) is 0.0802. The molecule has 3 fully saturated rings. The number of hydrogen-bond donors (Lipinski definition) is 13. The lowest BCUT2D eigenvalue weighted by molar-refractivity contribution is -0.285. The molecular weight excluding hydrogens is 632 g/mol. The molecule has 0 aromatic heterocycles. The van der Waals surface area contributed by atoms with Gasteiger partial charge in [0.05, 0.1) is 31.3 Å². The van der Waals surface area contributed by atoms with Crippen LogP contribution < -0.4 is 34.0 Å². The van der Waals surface area contributed by atoms with Crippen LogP contribution in [0.5, 0.6) is 0 Å². The number of nitrogens with two attached hydrogens (primary N) is 5. The Bertz CT molecular complexity index is 1030. The first-order valence-corrected chi connectivity index (χ1v) is 15.5. The number of amides is 1. The third-order valence-electron chi connectivity index (χ3n) is 8.77. The summed E-state index contributed by atoms with van der Waals surface area (Å²) in [5.74, 6) is -0.809. The second-order valence-corrected chi connectivity index (χ2v) is 12.1. The lowest BCUT2D eigenvalue weighted by Crippen LogP contribution is -2.67. The predicted octanol–water partition coefficient (Wildman–Crippen LogP) is -8.16. The van der Waals surface area contributed by atoms with Crippen LogP contribution in [0.3, 0.4) is 0 Å². The summed E-state index contributed by atoms with van der Waals surface area (Å²) in [6, 6.07) is -4.11. The van der Waals surface area contributed by atoms with E-state index in [4.69, 9.17) is 57.1 Å². The zero-order valence-electron chi connectivity index (χ0n) is 25.7. The maximum absolute atomic E-state index is 12.6. The number of hydrogen-bond acceptors (Lipinski definition) is 19. The standard InChI is InChI=1S/C27H50N6O14/c28-4-3-13(36)24(41)33-12-5-11(31)21(45-25-10(30)2-1-9(7-34)42-25)23(17(12)37)47-27-20(40)22(15(8-35)44-27)46-26-16(32)19(39)18(38)14(6-29)43-26/h1-2,9-23,25-27,34-40H,3-8,28-32H2,(H,33,41)/t9-,10+,11-,12+,13-,14-,15+,16+,17-,18+,19+,20+,21+,22+,23+,25+,26+,27-/m0/s1. The molecule has 4 aliphatic rings. The number of ether oxygens (including phenoxy) is 6. The Balaban J connectivity index is 1.55. The van der Waals surface area contributed by atoms with Crippen LogP contribution in [0.2, 0.25) is 0 Å². The molecule has 20 heteroatoms. The van der Waals surface area contributed by atoms with Crippen molar-refractivity contribution < 1.29 is 69.0 Å². The van der Waals surface area contributed by atoms with Crippen molar-refractivity contribution >= 4 is 5.91 Å². The molecule has 18 atom stereocenters.